The van der Waals surface area contributed by atoms with Crippen molar-refractivity contribution in [2.24, 2.45) is 0 Å². The Morgan fingerprint density at radius 2 is 2.33 bits per heavy atom. The fourth-order valence-electron chi connectivity index (χ4n) is 1.37. The van der Waals surface area contributed by atoms with Gasteiger partial charge in [-0.15, -0.1) is 0 Å². The Morgan fingerprint density at radius 1 is 1.50 bits per heavy atom. The van der Waals surface area contributed by atoms with Gasteiger partial charge in [0.1, 0.15) is 17.7 Å². The molecule has 1 aromatic carbocycles. The molecule has 0 aliphatic carbocycles. The first-order chi connectivity index (χ1) is 8.70. The van der Waals surface area contributed by atoms with E-state index in [9.17, 15) is 4.79 Å². The van der Waals surface area contributed by atoms with Gasteiger partial charge in [0, 0.05) is 10.6 Å². The normalized spacial score (nSPS) is 10.1. The summed E-state index contributed by atoms with van der Waals surface area (Å²) in [4.78, 5) is 15.1. The number of benzene rings is 1. The molecule has 0 radical (unpaired) electrons. The Morgan fingerprint density at radius 3 is 3.00 bits per heavy atom. The standard InChI is InChI=1S/C12H10ClNO4/c1-16-12(15)6-18-11-4-8(13)2-3-9(11)10-5-17-7-14-10/h2-5,7H,6H2,1H3. The molecule has 0 atom stereocenters. The summed E-state index contributed by atoms with van der Waals surface area (Å²) in [5, 5.41) is 0.502. The van der Waals surface area contributed by atoms with Crippen LogP contribution >= 0.6 is 11.6 Å². The molecule has 1 aromatic heterocycles. The van der Waals surface area contributed by atoms with E-state index in [1.54, 1.807) is 18.2 Å². The molecule has 2 aromatic rings. The van der Waals surface area contributed by atoms with E-state index < -0.39 is 5.97 Å². The maximum Gasteiger partial charge on any atom is 0.343 e. The summed E-state index contributed by atoms with van der Waals surface area (Å²) < 4.78 is 14.8. The van der Waals surface area contributed by atoms with Crippen LogP contribution in [0.25, 0.3) is 11.3 Å². The van der Waals surface area contributed by atoms with Crippen LogP contribution in [0.4, 0.5) is 0 Å². The van der Waals surface area contributed by atoms with Gasteiger partial charge >= 0.3 is 5.97 Å². The van der Waals surface area contributed by atoms with E-state index in [1.165, 1.54) is 19.8 Å². The van der Waals surface area contributed by atoms with E-state index in [-0.39, 0.29) is 6.61 Å². The van der Waals surface area contributed by atoms with Crippen LogP contribution in [0.2, 0.25) is 5.02 Å². The van der Waals surface area contributed by atoms with Crippen LogP contribution < -0.4 is 4.74 Å². The lowest BCUT2D eigenvalue weighted by molar-refractivity contribution is -0.142. The van der Waals surface area contributed by atoms with Gasteiger partial charge in [0.25, 0.3) is 0 Å². The summed E-state index contributed by atoms with van der Waals surface area (Å²) in [6, 6.07) is 5.05. The Kier molecular flexibility index (Phi) is 3.84. The summed E-state index contributed by atoms with van der Waals surface area (Å²) in [7, 11) is 1.29. The summed E-state index contributed by atoms with van der Waals surface area (Å²) in [6.07, 6.45) is 2.79. The van der Waals surface area contributed by atoms with Crippen molar-refractivity contribution >= 4 is 17.6 Å². The third-order valence-electron chi connectivity index (χ3n) is 2.23. The quantitative estimate of drug-likeness (QED) is 0.797. The molecule has 0 bridgehead atoms. The minimum absolute atomic E-state index is 0.193. The van der Waals surface area contributed by atoms with Gasteiger partial charge in [-0.05, 0) is 18.2 Å². The lowest BCUT2D eigenvalue weighted by Crippen LogP contribution is -2.12. The van der Waals surface area contributed by atoms with Crippen LogP contribution in [0.1, 0.15) is 0 Å². The molecule has 0 saturated carbocycles. The third-order valence-corrected chi connectivity index (χ3v) is 2.46. The molecule has 1 heterocycles. The van der Waals surface area contributed by atoms with E-state index in [1.807, 2.05) is 0 Å². The van der Waals surface area contributed by atoms with Crippen molar-refractivity contribution in [3.63, 3.8) is 0 Å². The molecule has 94 valence electrons. The van der Waals surface area contributed by atoms with Crippen molar-refractivity contribution in [2.45, 2.75) is 0 Å². The zero-order valence-electron chi connectivity index (χ0n) is 9.55. The number of aromatic nitrogens is 1. The second-order valence-corrected chi connectivity index (χ2v) is 3.82. The second-order valence-electron chi connectivity index (χ2n) is 3.38. The van der Waals surface area contributed by atoms with Crippen LogP contribution in [0.3, 0.4) is 0 Å². The Hall–Kier alpha value is -2.01. The van der Waals surface area contributed by atoms with Crippen LogP contribution in [0.15, 0.2) is 35.3 Å². The molecular weight excluding hydrogens is 258 g/mol. The van der Waals surface area contributed by atoms with Crippen LogP contribution in [0.5, 0.6) is 5.75 Å². The van der Waals surface area contributed by atoms with Crippen molar-refractivity contribution in [1.82, 2.24) is 4.98 Å². The largest absolute Gasteiger partial charge is 0.481 e. The number of halogens is 1. The van der Waals surface area contributed by atoms with Gasteiger partial charge in [0.15, 0.2) is 13.0 Å². The third kappa shape index (κ3) is 2.81. The van der Waals surface area contributed by atoms with E-state index in [0.717, 1.165) is 0 Å². The van der Waals surface area contributed by atoms with Gasteiger partial charge in [0.2, 0.25) is 0 Å². The minimum Gasteiger partial charge on any atom is -0.481 e. The number of hydrogen-bond acceptors (Lipinski definition) is 5. The lowest BCUT2D eigenvalue weighted by Gasteiger charge is -2.09. The summed E-state index contributed by atoms with van der Waals surface area (Å²) in [6.45, 7) is -0.193. The zero-order chi connectivity index (χ0) is 13.0. The molecule has 5 nitrogen and oxygen atoms in total. The topological polar surface area (TPSA) is 61.6 Å². The first-order valence-electron chi connectivity index (χ1n) is 5.08. The lowest BCUT2D eigenvalue weighted by atomic mass is 10.1. The van der Waals surface area contributed by atoms with E-state index in [2.05, 4.69) is 9.72 Å². The maximum atomic E-state index is 11.1. The number of methoxy groups -OCH3 is 1. The van der Waals surface area contributed by atoms with Crippen molar-refractivity contribution in [3.05, 3.63) is 35.9 Å². The molecule has 0 aliphatic heterocycles. The van der Waals surface area contributed by atoms with Gasteiger partial charge < -0.3 is 13.9 Å². The highest BCUT2D eigenvalue weighted by atomic mass is 35.5. The van der Waals surface area contributed by atoms with Crippen molar-refractivity contribution < 1.29 is 18.7 Å². The van der Waals surface area contributed by atoms with Gasteiger partial charge in [-0.3, -0.25) is 0 Å². The highest BCUT2D eigenvalue weighted by molar-refractivity contribution is 6.30. The average Bonchev–Trinajstić information content (AvgIpc) is 2.89. The number of carbonyl (C=O) groups excluding carboxylic acids is 1. The SMILES string of the molecule is COC(=O)COc1cc(Cl)ccc1-c1cocn1. The van der Waals surface area contributed by atoms with E-state index in [4.69, 9.17) is 20.8 Å². The molecule has 18 heavy (non-hydrogen) atoms. The van der Waals surface area contributed by atoms with E-state index in [0.29, 0.717) is 22.0 Å². The maximum absolute atomic E-state index is 11.1. The Bertz CT molecular complexity index is 539. The van der Waals surface area contributed by atoms with Crippen molar-refractivity contribution in [3.8, 4) is 17.0 Å². The van der Waals surface area contributed by atoms with Gasteiger partial charge in [-0.1, -0.05) is 11.6 Å². The molecular formula is C12H10ClNO4. The van der Waals surface area contributed by atoms with Crippen molar-refractivity contribution in [1.29, 1.82) is 0 Å². The van der Waals surface area contributed by atoms with Crippen LogP contribution in [-0.4, -0.2) is 24.7 Å². The summed E-state index contributed by atoms with van der Waals surface area (Å²) >= 11 is 5.89. The van der Waals surface area contributed by atoms with Crippen LogP contribution in [0, 0.1) is 0 Å². The smallest absolute Gasteiger partial charge is 0.343 e. The molecule has 2 rings (SSSR count). The zero-order valence-corrected chi connectivity index (χ0v) is 10.3. The number of hydrogen-bond donors (Lipinski definition) is 0. The Labute approximate surface area is 108 Å². The predicted octanol–water partition coefficient (Wildman–Crippen LogP) is 2.55. The first kappa shape index (κ1) is 12.4. The molecule has 0 saturated heterocycles. The highest BCUT2D eigenvalue weighted by Gasteiger charge is 2.11. The van der Waals surface area contributed by atoms with Gasteiger partial charge in [0.05, 0.1) is 7.11 Å². The molecule has 0 fully saturated rings. The minimum atomic E-state index is -0.471. The number of ether oxygens (including phenoxy) is 2. The van der Waals surface area contributed by atoms with Crippen molar-refractivity contribution in [2.75, 3.05) is 13.7 Å². The fraction of sp³-hybridized carbons (Fsp3) is 0.167. The fourth-order valence-corrected chi connectivity index (χ4v) is 1.53. The van der Waals surface area contributed by atoms with Gasteiger partial charge in [-0.25, -0.2) is 9.78 Å². The van der Waals surface area contributed by atoms with Gasteiger partial charge in [-0.2, -0.15) is 0 Å². The number of esters is 1. The predicted molar refractivity (Wildman–Crippen MR) is 64.5 cm³/mol. The molecule has 0 unspecified atom stereocenters. The Balaban J connectivity index is 2.27. The first-order valence-corrected chi connectivity index (χ1v) is 5.46. The summed E-state index contributed by atoms with van der Waals surface area (Å²) in [5.41, 5.74) is 1.29. The molecule has 0 amide bonds. The average molecular weight is 268 g/mol. The molecule has 0 spiro atoms. The number of carbonyl (C=O) groups is 1. The summed E-state index contributed by atoms with van der Waals surface area (Å²) in [5.74, 6) is -0.0251. The monoisotopic (exact) mass is 267 g/mol. The number of rotatable bonds is 4. The number of oxazole rings is 1. The van der Waals surface area contributed by atoms with Crippen LogP contribution in [-0.2, 0) is 9.53 Å². The van der Waals surface area contributed by atoms with E-state index >= 15 is 0 Å². The molecule has 0 N–H and O–H groups in total. The highest BCUT2D eigenvalue weighted by Crippen LogP contribution is 2.31. The number of nitrogens with zero attached hydrogens (tertiary/aromatic N) is 1. The molecule has 6 heteroatoms. The molecule has 0 aliphatic rings. The second kappa shape index (κ2) is 5.55.